The summed E-state index contributed by atoms with van der Waals surface area (Å²) >= 11 is 0. The molecule has 0 atom stereocenters. The Kier molecular flexibility index (Phi) is 3.88. The summed E-state index contributed by atoms with van der Waals surface area (Å²) in [6.45, 7) is 1.89. The lowest BCUT2D eigenvalue weighted by Crippen LogP contribution is -2.12. The second kappa shape index (κ2) is 5.59. The van der Waals surface area contributed by atoms with Crippen LogP contribution in [0.4, 0.5) is 0 Å². The molecule has 1 aromatic heterocycles. The lowest BCUT2D eigenvalue weighted by molar-refractivity contribution is -0.118. The number of rotatable bonds is 3. The third kappa shape index (κ3) is 2.84. The molecule has 2 rings (SSSR count). The molecule has 1 heterocycles. The predicted molar refractivity (Wildman–Crippen MR) is 69.5 cm³/mol. The molecule has 0 amide bonds. The quantitative estimate of drug-likeness (QED) is 0.602. The summed E-state index contributed by atoms with van der Waals surface area (Å²) in [5, 5.41) is 9.12. The van der Waals surface area contributed by atoms with Crippen molar-refractivity contribution in [2.45, 2.75) is 32.6 Å². The Balaban J connectivity index is 2.23. The largest absolute Gasteiger partial charge is 0.293 e. The smallest absolute Gasteiger partial charge is 0.176 e. The normalized spacial score (nSPS) is 16.6. The first kappa shape index (κ1) is 12.5. The highest BCUT2D eigenvalue weighted by atomic mass is 16.1. The van der Waals surface area contributed by atoms with Crippen molar-refractivity contribution in [3.8, 4) is 6.07 Å². The van der Waals surface area contributed by atoms with Gasteiger partial charge in [-0.2, -0.15) is 5.26 Å². The van der Waals surface area contributed by atoms with Crippen molar-refractivity contribution >= 4 is 11.9 Å². The molecule has 0 bridgehead atoms. The highest BCUT2D eigenvalue weighted by Crippen LogP contribution is 2.28. The van der Waals surface area contributed by atoms with Gasteiger partial charge in [0.2, 0.25) is 0 Å². The van der Waals surface area contributed by atoms with Gasteiger partial charge in [-0.05, 0) is 38.0 Å². The van der Waals surface area contributed by atoms with Gasteiger partial charge in [0.1, 0.15) is 6.07 Å². The molecule has 1 aliphatic carbocycles. The third-order valence-electron chi connectivity index (χ3n) is 3.31. The molecule has 1 fully saturated rings. The van der Waals surface area contributed by atoms with Crippen LogP contribution in [0.3, 0.4) is 0 Å². The molecule has 92 valence electrons. The van der Waals surface area contributed by atoms with Gasteiger partial charge >= 0.3 is 0 Å². The van der Waals surface area contributed by atoms with Crippen LogP contribution in [0.15, 0.2) is 23.8 Å². The third-order valence-corrected chi connectivity index (χ3v) is 3.31. The van der Waals surface area contributed by atoms with Crippen LogP contribution in [-0.4, -0.2) is 10.8 Å². The maximum Gasteiger partial charge on any atom is 0.176 e. The van der Waals surface area contributed by atoms with Gasteiger partial charge in [0.15, 0.2) is 5.78 Å². The number of allylic oxidation sites excluding steroid dienone is 1. The van der Waals surface area contributed by atoms with Gasteiger partial charge in [-0.1, -0.05) is 18.9 Å². The summed E-state index contributed by atoms with van der Waals surface area (Å²) in [6.07, 6.45) is 5.63. The number of aryl methyl sites for hydroxylation is 1. The molecule has 3 nitrogen and oxygen atoms in total. The van der Waals surface area contributed by atoms with E-state index >= 15 is 0 Å². The zero-order valence-electron chi connectivity index (χ0n) is 10.5. The van der Waals surface area contributed by atoms with Crippen molar-refractivity contribution in [1.82, 2.24) is 4.98 Å². The average molecular weight is 240 g/mol. The van der Waals surface area contributed by atoms with E-state index in [0.717, 1.165) is 31.4 Å². The number of carbonyl (C=O) groups excluding carboxylic acids is 1. The van der Waals surface area contributed by atoms with E-state index in [1.807, 2.05) is 31.2 Å². The molecule has 0 N–H and O–H groups in total. The molecule has 0 saturated heterocycles. The van der Waals surface area contributed by atoms with Gasteiger partial charge in [-0.15, -0.1) is 0 Å². The fourth-order valence-corrected chi connectivity index (χ4v) is 2.36. The van der Waals surface area contributed by atoms with Crippen LogP contribution in [0.1, 0.15) is 37.1 Å². The molecule has 1 aliphatic rings. The topological polar surface area (TPSA) is 53.8 Å². The number of hydrogen-bond acceptors (Lipinski definition) is 3. The number of hydrogen-bond donors (Lipinski definition) is 0. The second-order valence-corrected chi connectivity index (χ2v) is 4.72. The Morgan fingerprint density at radius 3 is 2.78 bits per heavy atom. The number of nitriles is 1. The van der Waals surface area contributed by atoms with Crippen LogP contribution in [0.2, 0.25) is 0 Å². The minimum Gasteiger partial charge on any atom is -0.293 e. The van der Waals surface area contributed by atoms with E-state index in [-0.39, 0.29) is 17.3 Å². The number of nitrogens with zero attached hydrogens (tertiary/aromatic N) is 2. The van der Waals surface area contributed by atoms with E-state index in [9.17, 15) is 4.79 Å². The van der Waals surface area contributed by atoms with Crippen LogP contribution in [0.5, 0.6) is 0 Å². The monoisotopic (exact) mass is 240 g/mol. The standard InChI is InChI=1S/C15H16N2O/c1-11-5-4-8-14(17-11)9-13(10-16)15(18)12-6-2-3-7-12/h4-5,8-9,12H,2-3,6-7H2,1H3/b13-9+. The SMILES string of the molecule is Cc1cccc(/C=C(\C#N)C(=O)C2CCCC2)n1. The average Bonchev–Trinajstić information content (AvgIpc) is 2.89. The molecular formula is C15H16N2O. The summed E-state index contributed by atoms with van der Waals surface area (Å²) in [6, 6.07) is 7.60. The molecule has 0 spiro atoms. The van der Waals surface area contributed by atoms with Gasteiger partial charge in [-0.3, -0.25) is 9.78 Å². The molecule has 0 aliphatic heterocycles. The Hall–Kier alpha value is -1.95. The number of pyridine rings is 1. The van der Waals surface area contributed by atoms with Gasteiger partial charge < -0.3 is 0 Å². The first-order chi connectivity index (χ1) is 8.70. The zero-order chi connectivity index (χ0) is 13.0. The summed E-state index contributed by atoms with van der Waals surface area (Å²) in [5.41, 5.74) is 1.80. The molecule has 0 aromatic carbocycles. The molecule has 1 saturated carbocycles. The minimum absolute atomic E-state index is 0.0155. The summed E-state index contributed by atoms with van der Waals surface area (Å²) < 4.78 is 0. The van der Waals surface area contributed by atoms with Crippen molar-refractivity contribution in [2.75, 3.05) is 0 Å². The summed E-state index contributed by atoms with van der Waals surface area (Å²) in [4.78, 5) is 16.4. The Bertz CT molecular complexity index is 520. The van der Waals surface area contributed by atoms with E-state index in [1.165, 1.54) is 0 Å². The fourth-order valence-electron chi connectivity index (χ4n) is 2.36. The predicted octanol–water partition coefficient (Wildman–Crippen LogP) is 3.06. The molecular weight excluding hydrogens is 224 g/mol. The van der Waals surface area contributed by atoms with E-state index in [2.05, 4.69) is 4.98 Å². The van der Waals surface area contributed by atoms with Crippen LogP contribution in [0.25, 0.3) is 6.08 Å². The van der Waals surface area contributed by atoms with Gasteiger partial charge in [-0.25, -0.2) is 0 Å². The summed E-state index contributed by atoms with van der Waals surface area (Å²) in [5.74, 6) is 0.0269. The molecule has 18 heavy (non-hydrogen) atoms. The molecule has 1 aromatic rings. The lowest BCUT2D eigenvalue weighted by Gasteiger charge is -2.06. The molecule has 0 radical (unpaired) electrons. The van der Waals surface area contributed by atoms with E-state index in [4.69, 9.17) is 5.26 Å². The van der Waals surface area contributed by atoms with Gasteiger partial charge in [0.25, 0.3) is 0 Å². The van der Waals surface area contributed by atoms with Gasteiger partial charge in [0, 0.05) is 11.6 Å². The van der Waals surface area contributed by atoms with Crippen molar-refractivity contribution in [3.63, 3.8) is 0 Å². The zero-order valence-corrected chi connectivity index (χ0v) is 10.5. The van der Waals surface area contributed by atoms with Crippen LogP contribution in [-0.2, 0) is 4.79 Å². The second-order valence-electron chi connectivity index (χ2n) is 4.72. The number of carbonyl (C=O) groups is 1. The van der Waals surface area contributed by atoms with Crippen LogP contribution >= 0.6 is 0 Å². The number of aromatic nitrogens is 1. The van der Waals surface area contributed by atoms with Crippen LogP contribution in [0, 0.1) is 24.2 Å². The van der Waals surface area contributed by atoms with E-state index in [0.29, 0.717) is 5.69 Å². The molecule has 3 heteroatoms. The lowest BCUT2D eigenvalue weighted by atomic mass is 9.96. The fraction of sp³-hybridized carbons (Fsp3) is 0.400. The van der Waals surface area contributed by atoms with Crippen molar-refractivity contribution in [1.29, 1.82) is 5.26 Å². The number of ketones is 1. The maximum absolute atomic E-state index is 12.1. The Morgan fingerprint density at radius 1 is 1.44 bits per heavy atom. The Labute approximate surface area is 107 Å². The maximum atomic E-state index is 12.1. The highest BCUT2D eigenvalue weighted by molar-refractivity contribution is 6.04. The minimum atomic E-state index is -0.0155. The van der Waals surface area contributed by atoms with Crippen molar-refractivity contribution in [3.05, 3.63) is 35.2 Å². The Morgan fingerprint density at radius 2 is 2.17 bits per heavy atom. The summed E-state index contributed by atoms with van der Waals surface area (Å²) in [7, 11) is 0. The van der Waals surface area contributed by atoms with E-state index in [1.54, 1.807) is 6.08 Å². The molecule has 0 unspecified atom stereocenters. The first-order valence-corrected chi connectivity index (χ1v) is 6.30. The number of Topliss-reactive ketones (excluding diaryl/α,β-unsaturated/α-hetero) is 1. The first-order valence-electron chi connectivity index (χ1n) is 6.30. The van der Waals surface area contributed by atoms with Crippen LogP contribution < -0.4 is 0 Å². The van der Waals surface area contributed by atoms with Crippen molar-refractivity contribution in [2.24, 2.45) is 5.92 Å². The van der Waals surface area contributed by atoms with Crippen molar-refractivity contribution < 1.29 is 4.79 Å². The van der Waals surface area contributed by atoms with E-state index < -0.39 is 0 Å². The van der Waals surface area contributed by atoms with Gasteiger partial charge in [0.05, 0.1) is 11.3 Å². The highest BCUT2D eigenvalue weighted by Gasteiger charge is 2.25.